The Bertz CT molecular complexity index is 659. The molecule has 1 fully saturated rings. The van der Waals surface area contributed by atoms with Gasteiger partial charge in [0.1, 0.15) is 0 Å². The number of anilines is 1. The second-order valence-corrected chi connectivity index (χ2v) is 6.11. The van der Waals surface area contributed by atoms with E-state index in [0.29, 0.717) is 17.5 Å². The van der Waals surface area contributed by atoms with Gasteiger partial charge in [-0.25, -0.2) is 8.78 Å². The molecular formula is C17H21F2N3. The second-order valence-electron chi connectivity index (χ2n) is 6.11. The van der Waals surface area contributed by atoms with Gasteiger partial charge in [-0.15, -0.1) is 0 Å². The lowest BCUT2D eigenvalue weighted by molar-refractivity contribution is 0.153. The van der Waals surface area contributed by atoms with Gasteiger partial charge in [0.2, 0.25) is 0 Å². The van der Waals surface area contributed by atoms with Crippen LogP contribution < -0.4 is 10.2 Å². The number of piperidine rings is 1. The third-order valence-electron chi connectivity index (χ3n) is 4.42. The van der Waals surface area contributed by atoms with Crippen molar-refractivity contribution in [1.82, 2.24) is 10.3 Å². The van der Waals surface area contributed by atoms with Crippen LogP contribution in [0.25, 0.3) is 10.9 Å². The molecule has 0 aliphatic carbocycles. The molecule has 0 saturated carbocycles. The Balaban J connectivity index is 2.06. The molecule has 1 aromatic heterocycles. The van der Waals surface area contributed by atoms with E-state index in [1.165, 1.54) is 6.07 Å². The zero-order valence-corrected chi connectivity index (χ0v) is 12.9. The maximum Gasteiger partial charge on any atom is 0.265 e. The fraction of sp³-hybridized carbons (Fsp3) is 0.471. The summed E-state index contributed by atoms with van der Waals surface area (Å²) in [7, 11) is 1.97. The number of nitrogens with zero attached hydrogens (tertiary/aromatic N) is 2. The van der Waals surface area contributed by atoms with E-state index >= 15 is 0 Å². The van der Waals surface area contributed by atoms with E-state index in [1.807, 2.05) is 25.2 Å². The molecule has 1 aliphatic heterocycles. The summed E-state index contributed by atoms with van der Waals surface area (Å²) in [5.74, 6) is 0.563. The molecule has 3 rings (SSSR count). The summed E-state index contributed by atoms with van der Waals surface area (Å²) in [5, 5.41) is 4.14. The van der Waals surface area contributed by atoms with Crippen molar-refractivity contribution >= 4 is 16.6 Å². The average molecular weight is 305 g/mol. The van der Waals surface area contributed by atoms with Crippen LogP contribution in [0.5, 0.6) is 0 Å². The molecule has 22 heavy (non-hydrogen) atoms. The standard InChI is InChI=1S/C17H21F2N3/c1-11-8-12(20-2)10-22(9-11)15-6-5-14(17(18)19)16-13(15)4-3-7-21-16/h3-7,11-12,17,20H,8-10H2,1-2H3. The summed E-state index contributed by atoms with van der Waals surface area (Å²) in [6.07, 6.45) is 0.211. The molecule has 0 radical (unpaired) electrons. The maximum absolute atomic E-state index is 13.2. The molecule has 0 bridgehead atoms. The predicted octanol–water partition coefficient (Wildman–Crippen LogP) is 3.61. The van der Waals surface area contributed by atoms with Crippen molar-refractivity contribution in [3.05, 3.63) is 36.0 Å². The Kier molecular flexibility index (Phi) is 4.25. The minimum absolute atomic E-state index is 0.00887. The van der Waals surface area contributed by atoms with Crippen LogP contribution in [0.3, 0.4) is 0 Å². The first-order chi connectivity index (χ1) is 10.6. The van der Waals surface area contributed by atoms with Gasteiger partial charge >= 0.3 is 0 Å². The molecule has 1 aromatic carbocycles. The number of alkyl halides is 2. The Morgan fingerprint density at radius 1 is 1.27 bits per heavy atom. The number of benzene rings is 1. The third kappa shape index (κ3) is 2.77. The van der Waals surface area contributed by atoms with Gasteiger partial charge in [-0.3, -0.25) is 4.98 Å². The summed E-state index contributed by atoms with van der Waals surface area (Å²) in [4.78, 5) is 6.48. The normalized spacial score (nSPS) is 22.5. The van der Waals surface area contributed by atoms with E-state index in [2.05, 4.69) is 22.1 Å². The highest BCUT2D eigenvalue weighted by Gasteiger charge is 2.25. The molecule has 0 amide bonds. The number of halogens is 2. The van der Waals surface area contributed by atoms with Gasteiger partial charge in [0, 0.05) is 42.0 Å². The summed E-state index contributed by atoms with van der Waals surface area (Å²) in [5.41, 5.74) is 1.42. The summed E-state index contributed by atoms with van der Waals surface area (Å²) >= 11 is 0. The molecule has 2 aromatic rings. The Morgan fingerprint density at radius 3 is 2.82 bits per heavy atom. The quantitative estimate of drug-likeness (QED) is 0.939. The van der Waals surface area contributed by atoms with Gasteiger partial charge in [-0.1, -0.05) is 6.92 Å². The van der Waals surface area contributed by atoms with Crippen LogP contribution in [0, 0.1) is 5.92 Å². The van der Waals surface area contributed by atoms with Crippen molar-refractivity contribution in [3.63, 3.8) is 0 Å². The molecule has 1 N–H and O–H groups in total. The van der Waals surface area contributed by atoms with E-state index < -0.39 is 6.43 Å². The topological polar surface area (TPSA) is 28.2 Å². The van der Waals surface area contributed by atoms with Gasteiger partial charge in [0.15, 0.2) is 0 Å². The Labute approximate surface area is 129 Å². The molecule has 2 unspecified atom stereocenters. The molecule has 1 aliphatic rings. The van der Waals surface area contributed by atoms with Crippen molar-refractivity contribution in [3.8, 4) is 0 Å². The lowest BCUT2D eigenvalue weighted by Gasteiger charge is -2.38. The third-order valence-corrected chi connectivity index (χ3v) is 4.42. The fourth-order valence-corrected chi connectivity index (χ4v) is 3.39. The largest absolute Gasteiger partial charge is 0.369 e. The number of aromatic nitrogens is 1. The van der Waals surface area contributed by atoms with Crippen LogP contribution in [0.15, 0.2) is 30.5 Å². The van der Waals surface area contributed by atoms with Crippen LogP contribution in [0.4, 0.5) is 14.5 Å². The number of hydrogen-bond acceptors (Lipinski definition) is 3. The average Bonchev–Trinajstić information content (AvgIpc) is 2.52. The molecule has 0 spiro atoms. The van der Waals surface area contributed by atoms with Crippen LogP contribution in [-0.4, -0.2) is 31.2 Å². The summed E-state index contributed by atoms with van der Waals surface area (Å²) < 4.78 is 26.4. The first-order valence-electron chi connectivity index (χ1n) is 7.68. The molecular weight excluding hydrogens is 284 g/mol. The molecule has 3 nitrogen and oxygen atoms in total. The SMILES string of the molecule is CNC1CC(C)CN(c2ccc(C(F)F)c3ncccc23)C1. The molecule has 5 heteroatoms. The van der Waals surface area contributed by atoms with Crippen molar-refractivity contribution in [1.29, 1.82) is 0 Å². The van der Waals surface area contributed by atoms with Crippen LogP contribution in [-0.2, 0) is 0 Å². The number of nitrogens with one attached hydrogen (secondary N) is 1. The van der Waals surface area contributed by atoms with Crippen molar-refractivity contribution < 1.29 is 8.78 Å². The van der Waals surface area contributed by atoms with E-state index in [9.17, 15) is 8.78 Å². The molecule has 1 saturated heterocycles. The van der Waals surface area contributed by atoms with Crippen LogP contribution in [0.2, 0.25) is 0 Å². The van der Waals surface area contributed by atoms with Gasteiger partial charge in [-0.05, 0) is 43.7 Å². The van der Waals surface area contributed by atoms with Gasteiger partial charge in [0.05, 0.1) is 5.52 Å². The minimum atomic E-state index is -2.50. The van der Waals surface area contributed by atoms with E-state index in [1.54, 1.807) is 6.20 Å². The number of fused-ring (bicyclic) bond motifs is 1. The zero-order chi connectivity index (χ0) is 15.7. The molecule has 2 heterocycles. The highest BCUT2D eigenvalue weighted by molar-refractivity contribution is 5.94. The first kappa shape index (κ1) is 15.2. The fourth-order valence-electron chi connectivity index (χ4n) is 3.39. The number of hydrogen-bond donors (Lipinski definition) is 1. The van der Waals surface area contributed by atoms with Gasteiger partial charge in [-0.2, -0.15) is 0 Å². The number of likely N-dealkylation sites (N-methyl/N-ethyl adjacent to an activating group) is 1. The van der Waals surface area contributed by atoms with Crippen LogP contribution in [0.1, 0.15) is 25.3 Å². The van der Waals surface area contributed by atoms with E-state index in [4.69, 9.17) is 0 Å². The molecule has 118 valence electrons. The number of rotatable bonds is 3. The van der Waals surface area contributed by atoms with Crippen LogP contribution >= 0.6 is 0 Å². The highest BCUT2D eigenvalue weighted by Crippen LogP contribution is 2.34. The van der Waals surface area contributed by atoms with Crippen molar-refractivity contribution in [2.45, 2.75) is 25.8 Å². The van der Waals surface area contributed by atoms with Gasteiger partial charge in [0.25, 0.3) is 6.43 Å². The van der Waals surface area contributed by atoms with E-state index in [0.717, 1.165) is 30.6 Å². The lowest BCUT2D eigenvalue weighted by atomic mass is 9.94. The zero-order valence-electron chi connectivity index (χ0n) is 12.9. The smallest absolute Gasteiger partial charge is 0.265 e. The Morgan fingerprint density at radius 2 is 2.09 bits per heavy atom. The predicted molar refractivity (Wildman–Crippen MR) is 85.5 cm³/mol. The monoisotopic (exact) mass is 305 g/mol. The maximum atomic E-state index is 13.2. The molecule has 2 atom stereocenters. The van der Waals surface area contributed by atoms with E-state index in [-0.39, 0.29) is 5.56 Å². The summed E-state index contributed by atoms with van der Waals surface area (Å²) in [6.45, 7) is 4.06. The first-order valence-corrected chi connectivity index (χ1v) is 7.68. The minimum Gasteiger partial charge on any atom is -0.369 e. The second kappa shape index (κ2) is 6.16. The van der Waals surface area contributed by atoms with Crippen molar-refractivity contribution in [2.75, 3.05) is 25.0 Å². The lowest BCUT2D eigenvalue weighted by Crippen LogP contribution is -2.47. The number of pyridine rings is 1. The highest BCUT2D eigenvalue weighted by atomic mass is 19.3. The van der Waals surface area contributed by atoms with Gasteiger partial charge < -0.3 is 10.2 Å². The van der Waals surface area contributed by atoms with Crippen molar-refractivity contribution in [2.24, 2.45) is 5.92 Å². The summed E-state index contributed by atoms with van der Waals surface area (Å²) in [6, 6.07) is 7.45. The Hall–Kier alpha value is -1.75.